The summed E-state index contributed by atoms with van der Waals surface area (Å²) in [5, 5.41) is 1.06. The molecule has 1 spiro atoms. The number of para-hydroxylation sites is 1. The Morgan fingerprint density at radius 1 is 1.27 bits per heavy atom. The van der Waals surface area contributed by atoms with Gasteiger partial charge in [0.2, 0.25) is 0 Å². The van der Waals surface area contributed by atoms with E-state index in [0.717, 1.165) is 41.7 Å². The maximum Gasteiger partial charge on any atom is 0.270 e. The Labute approximate surface area is 176 Å². The number of rotatable bonds is 6. The van der Waals surface area contributed by atoms with Crippen molar-refractivity contribution in [2.24, 2.45) is 5.92 Å². The Morgan fingerprint density at radius 2 is 2.13 bits per heavy atom. The summed E-state index contributed by atoms with van der Waals surface area (Å²) in [6, 6.07) is 15.9. The van der Waals surface area contributed by atoms with Gasteiger partial charge in [0, 0.05) is 29.8 Å². The van der Waals surface area contributed by atoms with Gasteiger partial charge in [-0.3, -0.25) is 9.78 Å². The molecule has 2 aliphatic rings. The first-order valence-corrected chi connectivity index (χ1v) is 10.6. The van der Waals surface area contributed by atoms with E-state index in [2.05, 4.69) is 9.97 Å². The van der Waals surface area contributed by atoms with Crippen molar-refractivity contribution in [2.45, 2.75) is 32.0 Å². The van der Waals surface area contributed by atoms with Gasteiger partial charge in [-0.25, -0.2) is 0 Å². The van der Waals surface area contributed by atoms with Crippen molar-refractivity contribution < 1.29 is 14.3 Å². The number of carbonyl (C=O) groups excluding carboxylic acids is 1. The van der Waals surface area contributed by atoms with E-state index in [1.807, 2.05) is 60.4 Å². The number of nitrogens with zero attached hydrogens (tertiary/aromatic N) is 2. The number of pyridine rings is 1. The summed E-state index contributed by atoms with van der Waals surface area (Å²) in [5.74, 6) is 0.475. The van der Waals surface area contributed by atoms with Gasteiger partial charge in [0.1, 0.15) is 11.3 Å². The smallest absolute Gasteiger partial charge is 0.270 e. The van der Waals surface area contributed by atoms with Gasteiger partial charge in [-0.15, -0.1) is 0 Å². The van der Waals surface area contributed by atoms with E-state index in [1.165, 1.54) is 0 Å². The van der Waals surface area contributed by atoms with Crippen LogP contribution >= 0.6 is 0 Å². The van der Waals surface area contributed by atoms with Crippen LogP contribution in [0.2, 0.25) is 0 Å². The third kappa shape index (κ3) is 3.61. The normalized spacial score (nSPS) is 20.0. The predicted octanol–water partition coefficient (Wildman–Crippen LogP) is 3.71. The van der Waals surface area contributed by atoms with Gasteiger partial charge in [0.25, 0.3) is 5.91 Å². The lowest BCUT2D eigenvalue weighted by Crippen LogP contribution is -2.66. The summed E-state index contributed by atoms with van der Waals surface area (Å²) in [5.41, 5.74) is 3.41. The number of ether oxygens (including phenoxy) is 2. The number of aromatic nitrogens is 2. The number of nitrogens with one attached hydrogen (secondary N) is 1. The highest BCUT2D eigenvalue weighted by atomic mass is 16.5. The van der Waals surface area contributed by atoms with Crippen LogP contribution in [-0.2, 0) is 16.1 Å². The Morgan fingerprint density at radius 3 is 2.97 bits per heavy atom. The number of aromatic amines is 1. The zero-order valence-electron chi connectivity index (χ0n) is 17.3. The lowest BCUT2D eigenvalue weighted by atomic mass is 9.79. The van der Waals surface area contributed by atoms with E-state index in [0.29, 0.717) is 37.9 Å². The highest BCUT2D eigenvalue weighted by Gasteiger charge is 2.54. The molecule has 6 heteroatoms. The lowest BCUT2D eigenvalue weighted by Gasteiger charge is -2.50. The van der Waals surface area contributed by atoms with Crippen molar-refractivity contribution in [3.05, 3.63) is 65.6 Å². The summed E-state index contributed by atoms with van der Waals surface area (Å²) in [7, 11) is 0. The standard InChI is InChI=1S/C24H27N3O3/c1-17-5-4-7-20(25-17)14-29-11-9-19-10-12-30-24(19)15-27(16-24)23(28)22-13-18-6-2-3-8-21(18)26-22/h2-8,13,19,26H,9-12,14-16H2,1H3. The molecule has 2 fully saturated rings. The predicted molar refractivity (Wildman–Crippen MR) is 114 cm³/mol. The molecule has 30 heavy (non-hydrogen) atoms. The topological polar surface area (TPSA) is 67.5 Å². The molecule has 0 bridgehead atoms. The molecule has 0 aliphatic carbocycles. The third-order valence-electron chi connectivity index (χ3n) is 6.37. The van der Waals surface area contributed by atoms with Crippen molar-refractivity contribution in [2.75, 3.05) is 26.3 Å². The third-order valence-corrected chi connectivity index (χ3v) is 6.37. The van der Waals surface area contributed by atoms with Crippen LogP contribution in [-0.4, -0.2) is 52.7 Å². The molecule has 2 aliphatic heterocycles. The van der Waals surface area contributed by atoms with Crippen molar-refractivity contribution >= 4 is 16.8 Å². The monoisotopic (exact) mass is 405 g/mol. The average Bonchev–Trinajstić information content (AvgIpc) is 3.34. The van der Waals surface area contributed by atoms with E-state index in [4.69, 9.17) is 9.47 Å². The van der Waals surface area contributed by atoms with Crippen LogP contribution in [0.3, 0.4) is 0 Å². The van der Waals surface area contributed by atoms with Crippen molar-refractivity contribution in [3.8, 4) is 0 Å². The van der Waals surface area contributed by atoms with Gasteiger partial charge in [-0.1, -0.05) is 24.3 Å². The first-order valence-electron chi connectivity index (χ1n) is 10.6. The quantitative estimate of drug-likeness (QED) is 0.635. The van der Waals surface area contributed by atoms with E-state index in [-0.39, 0.29) is 11.5 Å². The lowest BCUT2D eigenvalue weighted by molar-refractivity contribution is -0.120. The largest absolute Gasteiger partial charge is 0.375 e. The van der Waals surface area contributed by atoms with E-state index >= 15 is 0 Å². The van der Waals surface area contributed by atoms with Crippen molar-refractivity contribution in [3.63, 3.8) is 0 Å². The zero-order valence-corrected chi connectivity index (χ0v) is 17.3. The molecule has 1 amide bonds. The molecular weight excluding hydrogens is 378 g/mol. The maximum atomic E-state index is 12.9. The second kappa shape index (κ2) is 7.85. The molecule has 2 saturated heterocycles. The summed E-state index contributed by atoms with van der Waals surface area (Å²) in [4.78, 5) is 22.5. The van der Waals surface area contributed by atoms with E-state index < -0.39 is 0 Å². The molecular formula is C24H27N3O3. The second-order valence-corrected chi connectivity index (χ2v) is 8.44. The SMILES string of the molecule is Cc1cccc(COCCC2CCOC23CN(C(=O)c2cc4ccccc4[nH]2)C3)n1. The number of amides is 1. The number of hydrogen-bond donors (Lipinski definition) is 1. The highest BCUT2D eigenvalue weighted by molar-refractivity contribution is 5.98. The van der Waals surface area contributed by atoms with Crippen LogP contribution in [0, 0.1) is 12.8 Å². The highest BCUT2D eigenvalue weighted by Crippen LogP contribution is 2.42. The van der Waals surface area contributed by atoms with Gasteiger partial charge in [0.15, 0.2) is 0 Å². The Hall–Kier alpha value is -2.70. The fourth-order valence-corrected chi connectivity index (χ4v) is 4.73. The van der Waals surface area contributed by atoms with Gasteiger partial charge < -0.3 is 19.4 Å². The van der Waals surface area contributed by atoms with E-state index in [9.17, 15) is 4.79 Å². The average molecular weight is 405 g/mol. The molecule has 156 valence electrons. The fourth-order valence-electron chi connectivity index (χ4n) is 4.73. The molecule has 6 nitrogen and oxygen atoms in total. The number of H-pyrrole nitrogens is 1. The number of fused-ring (bicyclic) bond motifs is 1. The molecule has 1 unspecified atom stereocenters. The summed E-state index contributed by atoms with van der Waals surface area (Å²) >= 11 is 0. The van der Waals surface area contributed by atoms with E-state index in [1.54, 1.807) is 0 Å². The second-order valence-electron chi connectivity index (χ2n) is 8.44. The molecule has 1 aromatic carbocycles. The fraction of sp³-hybridized carbons (Fsp3) is 0.417. The first kappa shape index (κ1) is 19.3. The minimum Gasteiger partial charge on any atom is -0.375 e. The summed E-state index contributed by atoms with van der Waals surface area (Å²) in [6.07, 6.45) is 1.97. The maximum absolute atomic E-state index is 12.9. The molecule has 0 radical (unpaired) electrons. The molecule has 3 aromatic rings. The van der Waals surface area contributed by atoms with Crippen LogP contribution in [0.5, 0.6) is 0 Å². The van der Waals surface area contributed by atoms with Gasteiger partial charge in [-0.05, 0) is 49.9 Å². The van der Waals surface area contributed by atoms with Gasteiger partial charge in [-0.2, -0.15) is 0 Å². The van der Waals surface area contributed by atoms with Crippen LogP contribution in [0.15, 0.2) is 48.5 Å². The van der Waals surface area contributed by atoms with Gasteiger partial charge in [0.05, 0.1) is 25.4 Å². The minimum atomic E-state index is -0.202. The molecule has 5 rings (SSSR count). The van der Waals surface area contributed by atoms with Crippen LogP contribution in [0.4, 0.5) is 0 Å². The van der Waals surface area contributed by atoms with Gasteiger partial charge >= 0.3 is 0 Å². The Bertz CT molecular complexity index is 1020. The number of likely N-dealkylation sites (tertiary alicyclic amines) is 1. The number of hydrogen-bond acceptors (Lipinski definition) is 4. The number of benzene rings is 1. The molecule has 4 heterocycles. The Kier molecular flexibility index (Phi) is 5.05. The molecule has 0 saturated carbocycles. The summed E-state index contributed by atoms with van der Waals surface area (Å²) < 4.78 is 12.0. The Balaban J connectivity index is 1.14. The first-order chi connectivity index (χ1) is 14.6. The summed E-state index contributed by atoms with van der Waals surface area (Å²) in [6.45, 7) is 5.28. The van der Waals surface area contributed by atoms with Crippen LogP contribution in [0.25, 0.3) is 10.9 Å². The van der Waals surface area contributed by atoms with Crippen molar-refractivity contribution in [1.29, 1.82) is 0 Å². The molecule has 1 atom stereocenters. The molecule has 1 N–H and O–H groups in total. The molecule has 2 aromatic heterocycles. The minimum absolute atomic E-state index is 0.0489. The van der Waals surface area contributed by atoms with Crippen molar-refractivity contribution in [1.82, 2.24) is 14.9 Å². The van der Waals surface area contributed by atoms with Crippen LogP contribution in [0.1, 0.15) is 34.7 Å². The number of aryl methyl sites for hydroxylation is 1. The number of carbonyl (C=O) groups is 1. The zero-order chi connectivity index (χ0) is 20.6. The van der Waals surface area contributed by atoms with Crippen LogP contribution < -0.4 is 0 Å².